The van der Waals surface area contributed by atoms with Crippen LogP contribution in [0.25, 0.3) is 0 Å². The summed E-state index contributed by atoms with van der Waals surface area (Å²) < 4.78 is 5.24. The third kappa shape index (κ3) is 6.88. The molecule has 176 valence electrons. The Kier molecular flexibility index (Phi) is 7.84. The topological polar surface area (TPSA) is 97.4 Å². The smallest absolute Gasteiger partial charge is 0.413 e. The number of aryl methyl sites for hydroxylation is 1. The lowest BCUT2D eigenvalue weighted by atomic mass is 9.79. The van der Waals surface area contributed by atoms with Gasteiger partial charge < -0.3 is 10.1 Å². The average molecular weight is 452 g/mol. The summed E-state index contributed by atoms with van der Waals surface area (Å²) in [4.78, 5) is 42.2. The van der Waals surface area contributed by atoms with Crippen LogP contribution in [-0.2, 0) is 14.3 Å². The van der Waals surface area contributed by atoms with Crippen molar-refractivity contribution < 1.29 is 19.1 Å². The van der Waals surface area contributed by atoms with Gasteiger partial charge in [-0.2, -0.15) is 0 Å². The van der Waals surface area contributed by atoms with Gasteiger partial charge in [0.2, 0.25) is 5.78 Å². The van der Waals surface area contributed by atoms with E-state index in [1.54, 1.807) is 33.8 Å². The van der Waals surface area contributed by atoms with Crippen LogP contribution in [0.15, 0.2) is 42.6 Å². The Bertz CT molecular complexity index is 998. The molecule has 1 aromatic carbocycles. The van der Waals surface area contributed by atoms with Gasteiger partial charge >= 0.3 is 6.09 Å². The Morgan fingerprint density at radius 2 is 1.70 bits per heavy atom. The van der Waals surface area contributed by atoms with Gasteiger partial charge in [0.25, 0.3) is 5.91 Å². The maximum absolute atomic E-state index is 13.2. The van der Waals surface area contributed by atoms with E-state index < -0.39 is 17.6 Å². The number of nitrogens with zero attached hydrogens (tertiary/aromatic N) is 1. The van der Waals surface area contributed by atoms with Crippen molar-refractivity contribution in [1.82, 2.24) is 4.98 Å². The Balaban J connectivity index is 1.69. The Hall–Kier alpha value is -3.22. The first-order valence-electron chi connectivity index (χ1n) is 11.5. The predicted molar refractivity (Wildman–Crippen MR) is 128 cm³/mol. The number of hydrogen-bond donors (Lipinski definition) is 2. The van der Waals surface area contributed by atoms with Crippen molar-refractivity contribution in [2.24, 2.45) is 5.92 Å². The minimum absolute atomic E-state index is 0.0483. The summed E-state index contributed by atoms with van der Waals surface area (Å²) in [5.41, 5.74) is 1.54. The minimum atomic E-state index is -0.628. The van der Waals surface area contributed by atoms with E-state index in [2.05, 4.69) is 15.6 Å². The first-order valence-corrected chi connectivity index (χ1v) is 11.5. The molecule has 2 aromatic rings. The van der Waals surface area contributed by atoms with Crippen LogP contribution in [-0.4, -0.2) is 28.4 Å². The van der Waals surface area contributed by atoms with Crippen molar-refractivity contribution in [3.05, 3.63) is 53.7 Å². The molecule has 0 saturated heterocycles. The molecule has 7 heteroatoms. The van der Waals surface area contributed by atoms with E-state index >= 15 is 0 Å². The number of amides is 2. The molecule has 33 heavy (non-hydrogen) atoms. The SMILES string of the molecule is Cc1cc(NC(=O)C(=O)C2CCCCC[C@H]2c2ccccc2)cnc1NC(=O)OC(C)(C)C. The van der Waals surface area contributed by atoms with Gasteiger partial charge in [-0.25, -0.2) is 9.78 Å². The molecule has 7 nitrogen and oxygen atoms in total. The number of ketones is 1. The van der Waals surface area contributed by atoms with Crippen LogP contribution >= 0.6 is 0 Å². The number of nitrogens with one attached hydrogen (secondary N) is 2. The second-order valence-electron chi connectivity index (χ2n) is 9.60. The van der Waals surface area contributed by atoms with Gasteiger partial charge in [0.15, 0.2) is 0 Å². The highest BCUT2D eigenvalue weighted by molar-refractivity contribution is 6.41. The van der Waals surface area contributed by atoms with E-state index in [0.29, 0.717) is 23.5 Å². The van der Waals surface area contributed by atoms with Crippen molar-refractivity contribution in [2.45, 2.75) is 71.3 Å². The lowest BCUT2D eigenvalue weighted by Gasteiger charge is -2.24. The fraction of sp³-hybridized carbons (Fsp3) is 0.462. The Labute approximate surface area is 195 Å². The highest BCUT2D eigenvalue weighted by Gasteiger charge is 2.34. The van der Waals surface area contributed by atoms with Crippen LogP contribution in [0.2, 0.25) is 0 Å². The van der Waals surface area contributed by atoms with E-state index in [4.69, 9.17) is 4.74 Å². The highest BCUT2D eigenvalue weighted by Crippen LogP contribution is 2.37. The Morgan fingerprint density at radius 3 is 2.36 bits per heavy atom. The Morgan fingerprint density at radius 1 is 1.00 bits per heavy atom. The normalized spacial score (nSPS) is 18.7. The molecule has 2 N–H and O–H groups in total. The maximum Gasteiger partial charge on any atom is 0.413 e. The van der Waals surface area contributed by atoms with Crippen LogP contribution in [0, 0.1) is 12.8 Å². The van der Waals surface area contributed by atoms with E-state index in [1.165, 1.54) is 6.20 Å². The summed E-state index contributed by atoms with van der Waals surface area (Å²) in [6.07, 6.45) is 5.50. The van der Waals surface area contributed by atoms with Crippen molar-refractivity contribution >= 4 is 29.3 Å². The summed E-state index contributed by atoms with van der Waals surface area (Å²) in [6.45, 7) is 7.09. The zero-order chi connectivity index (χ0) is 24.0. The summed E-state index contributed by atoms with van der Waals surface area (Å²) in [6, 6.07) is 11.7. The lowest BCUT2D eigenvalue weighted by Crippen LogP contribution is -2.33. The molecule has 1 fully saturated rings. The highest BCUT2D eigenvalue weighted by atomic mass is 16.6. The molecule has 1 aromatic heterocycles. The molecule has 1 aliphatic rings. The number of rotatable bonds is 5. The molecular weight excluding hydrogens is 418 g/mol. The molecule has 1 saturated carbocycles. The molecule has 2 atom stereocenters. The van der Waals surface area contributed by atoms with Gasteiger partial charge in [0.1, 0.15) is 11.4 Å². The average Bonchev–Trinajstić information content (AvgIpc) is 3.00. The second-order valence-corrected chi connectivity index (χ2v) is 9.60. The number of pyridine rings is 1. The van der Waals surface area contributed by atoms with Crippen molar-refractivity contribution in [3.63, 3.8) is 0 Å². The van der Waals surface area contributed by atoms with Gasteiger partial charge in [-0.05, 0) is 63.6 Å². The molecule has 0 radical (unpaired) electrons. The van der Waals surface area contributed by atoms with E-state index in [-0.39, 0.29) is 17.6 Å². The van der Waals surface area contributed by atoms with Gasteiger partial charge in [-0.1, -0.05) is 49.6 Å². The summed E-state index contributed by atoms with van der Waals surface area (Å²) in [5, 5.41) is 5.30. The van der Waals surface area contributed by atoms with Crippen LogP contribution in [0.4, 0.5) is 16.3 Å². The quantitative estimate of drug-likeness (QED) is 0.455. The molecule has 1 unspecified atom stereocenters. The summed E-state index contributed by atoms with van der Waals surface area (Å²) in [5.74, 6) is -0.970. The molecule has 0 spiro atoms. The number of ether oxygens (including phenoxy) is 1. The van der Waals surface area contributed by atoms with E-state index in [0.717, 1.165) is 31.2 Å². The zero-order valence-electron chi connectivity index (χ0n) is 19.8. The number of aromatic nitrogens is 1. The van der Waals surface area contributed by atoms with Gasteiger partial charge in [0, 0.05) is 5.92 Å². The number of anilines is 2. The van der Waals surface area contributed by atoms with Gasteiger partial charge in [-0.3, -0.25) is 14.9 Å². The molecule has 2 amide bonds. The number of carbonyl (C=O) groups is 3. The van der Waals surface area contributed by atoms with Crippen molar-refractivity contribution in [3.8, 4) is 0 Å². The van der Waals surface area contributed by atoms with Crippen molar-refractivity contribution in [2.75, 3.05) is 10.6 Å². The lowest BCUT2D eigenvalue weighted by molar-refractivity contribution is -0.137. The summed E-state index contributed by atoms with van der Waals surface area (Å²) >= 11 is 0. The van der Waals surface area contributed by atoms with Crippen LogP contribution in [0.3, 0.4) is 0 Å². The standard InChI is InChI=1S/C26H33N3O4/c1-17-15-19(16-27-23(17)29-25(32)33-26(2,3)4)28-24(31)22(30)21-14-10-6-9-13-20(21)18-11-7-5-8-12-18/h5,7-8,11-12,15-16,20-21H,6,9-10,13-14H2,1-4H3,(H,28,31)(H,27,29,32)/t20-,21?/m0/s1. The molecule has 3 rings (SSSR count). The predicted octanol–water partition coefficient (Wildman–Crippen LogP) is 5.61. The van der Waals surface area contributed by atoms with Crippen LogP contribution in [0.5, 0.6) is 0 Å². The molecular formula is C26H33N3O4. The summed E-state index contributed by atoms with van der Waals surface area (Å²) in [7, 11) is 0. The zero-order valence-corrected chi connectivity index (χ0v) is 19.8. The van der Waals surface area contributed by atoms with Crippen LogP contribution in [0.1, 0.15) is 69.9 Å². The first-order chi connectivity index (χ1) is 15.6. The number of carbonyl (C=O) groups excluding carboxylic acids is 3. The maximum atomic E-state index is 13.2. The third-order valence-corrected chi connectivity index (χ3v) is 5.76. The second kappa shape index (κ2) is 10.6. The van der Waals surface area contributed by atoms with Crippen LogP contribution < -0.4 is 10.6 Å². The van der Waals surface area contributed by atoms with E-state index in [1.807, 2.05) is 30.3 Å². The fourth-order valence-electron chi connectivity index (χ4n) is 4.26. The van der Waals surface area contributed by atoms with Gasteiger partial charge in [0.05, 0.1) is 11.9 Å². The minimum Gasteiger partial charge on any atom is -0.444 e. The number of benzene rings is 1. The number of Topliss-reactive ketones (excluding diaryl/α,β-unsaturated/α-hetero) is 1. The number of hydrogen-bond acceptors (Lipinski definition) is 5. The molecule has 1 heterocycles. The van der Waals surface area contributed by atoms with Gasteiger partial charge in [-0.15, -0.1) is 0 Å². The van der Waals surface area contributed by atoms with E-state index in [9.17, 15) is 14.4 Å². The molecule has 1 aliphatic carbocycles. The fourth-order valence-corrected chi connectivity index (χ4v) is 4.26. The monoisotopic (exact) mass is 451 g/mol. The first kappa shape index (κ1) is 24.4. The largest absolute Gasteiger partial charge is 0.444 e. The van der Waals surface area contributed by atoms with Crippen molar-refractivity contribution in [1.29, 1.82) is 0 Å². The molecule has 0 aliphatic heterocycles. The third-order valence-electron chi connectivity index (χ3n) is 5.76. The molecule has 0 bridgehead atoms.